The lowest BCUT2D eigenvalue weighted by atomic mass is 10.1. The van der Waals surface area contributed by atoms with Gasteiger partial charge in [0.25, 0.3) is 0 Å². The number of rotatable bonds is 12. The molecule has 7 heteroatoms. The predicted molar refractivity (Wildman–Crippen MR) is 124 cm³/mol. The van der Waals surface area contributed by atoms with Crippen LogP contribution in [-0.4, -0.2) is 72.2 Å². The first kappa shape index (κ1) is 22.9. The molecular formula is C23H33N3O3S. The highest BCUT2D eigenvalue weighted by Crippen LogP contribution is 2.33. The summed E-state index contributed by atoms with van der Waals surface area (Å²) in [5.74, 6) is 3.06. The van der Waals surface area contributed by atoms with Crippen LogP contribution in [-0.2, 0) is 11.3 Å². The van der Waals surface area contributed by atoms with Crippen LogP contribution < -0.4 is 4.90 Å². The molecule has 0 bridgehead atoms. The van der Waals surface area contributed by atoms with E-state index in [1.807, 2.05) is 30.0 Å². The molecule has 1 aromatic heterocycles. The van der Waals surface area contributed by atoms with Gasteiger partial charge in [0.1, 0.15) is 5.69 Å². The first-order valence-corrected chi connectivity index (χ1v) is 11.8. The van der Waals surface area contributed by atoms with Gasteiger partial charge in [-0.3, -0.25) is 4.90 Å². The number of thioether (sulfide) groups is 1. The summed E-state index contributed by atoms with van der Waals surface area (Å²) in [4.78, 5) is 4.57. The Morgan fingerprint density at radius 3 is 2.80 bits per heavy atom. The molecule has 1 N–H and O–H groups in total. The number of benzene rings is 1. The van der Waals surface area contributed by atoms with E-state index in [1.165, 1.54) is 0 Å². The van der Waals surface area contributed by atoms with E-state index in [2.05, 4.69) is 40.6 Å². The van der Waals surface area contributed by atoms with Crippen LogP contribution in [0.3, 0.4) is 0 Å². The Balaban J connectivity index is 1.82. The highest BCUT2D eigenvalue weighted by Gasteiger charge is 2.26. The van der Waals surface area contributed by atoms with Gasteiger partial charge in [0.15, 0.2) is 0 Å². The molecule has 6 nitrogen and oxygen atoms in total. The second-order valence-corrected chi connectivity index (χ2v) is 8.72. The number of anilines is 1. The molecule has 2 heterocycles. The standard InChI is InChI=1S/C23H33N3O3S/c1-3-10-25(16-20(27)18-28-13-4-2)17-21-22(19-8-6-5-7-9-19)24-29-23(21)26-11-14-30-15-12-26/h4-9,20,27H,2-3,10-18H2,1H3. The van der Waals surface area contributed by atoms with E-state index in [0.717, 1.165) is 60.3 Å². The van der Waals surface area contributed by atoms with Crippen LogP contribution in [0.2, 0.25) is 0 Å². The van der Waals surface area contributed by atoms with Crippen molar-refractivity contribution in [3.63, 3.8) is 0 Å². The number of aliphatic hydroxyl groups is 1. The summed E-state index contributed by atoms with van der Waals surface area (Å²) in [5, 5.41) is 14.9. The Labute approximate surface area is 183 Å². The SMILES string of the molecule is C=CCOCC(O)CN(CCC)Cc1c(-c2ccccc2)noc1N1CCSCC1. The summed E-state index contributed by atoms with van der Waals surface area (Å²) in [7, 11) is 0. The Morgan fingerprint density at radius 2 is 2.10 bits per heavy atom. The van der Waals surface area contributed by atoms with Crippen LogP contribution in [0, 0.1) is 0 Å². The van der Waals surface area contributed by atoms with Gasteiger partial charge in [0.2, 0.25) is 5.88 Å². The molecule has 1 aromatic carbocycles. The fourth-order valence-electron chi connectivity index (χ4n) is 3.69. The van der Waals surface area contributed by atoms with E-state index in [1.54, 1.807) is 6.08 Å². The van der Waals surface area contributed by atoms with E-state index in [-0.39, 0.29) is 0 Å². The molecular weight excluding hydrogens is 398 g/mol. The van der Waals surface area contributed by atoms with Gasteiger partial charge in [-0.25, -0.2) is 0 Å². The largest absolute Gasteiger partial charge is 0.389 e. The van der Waals surface area contributed by atoms with Crippen LogP contribution in [0.15, 0.2) is 47.5 Å². The third kappa shape index (κ3) is 6.35. The maximum atomic E-state index is 10.5. The third-order valence-corrected chi connectivity index (χ3v) is 5.99. The quantitative estimate of drug-likeness (QED) is 0.406. The van der Waals surface area contributed by atoms with Crippen molar-refractivity contribution in [2.45, 2.75) is 26.0 Å². The molecule has 3 rings (SSSR count). The Kier molecular flexibility index (Phi) is 9.27. The molecule has 30 heavy (non-hydrogen) atoms. The van der Waals surface area contributed by atoms with E-state index >= 15 is 0 Å². The van der Waals surface area contributed by atoms with E-state index in [9.17, 15) is 5.11 Å². The summed E-state index contributed by atoms with van der Waals surface area (Å²) in [6, 6.07) is 10.2. The number of hydrogen-bond acceptors (Lipinski definition) is 7. The highest BCUT2D eigenvalue weighted by atomic mass is 32.2. The fourth-order valence-corrected chi connectivity index (χ4v) is 4.60. The van der Waals surface area contributed by atoms with Crippen LogP contribution in [0.25, 0.3) is 11.3 Å². The zero-order valence-electron chi connectivity index (χ0n) is 17.8. The fraction of sp³-hybridized carbons (Fsp3) is 0.522. The van der Waals surface area contributed by atoms with Crippen molar-refractivity contribution in [2.75, 3.05) is 55.8 Å². The van der Waals surface area contributed by atoms with Gasteiger partial charge >= 0.3 is 0 Å². The monoisotopic (exact) mass is 431 g/mol. The zero-order valence-corrected chi connectivity index (χ0v) is 18.6. The Morgan fingerprint density at radius 1 is 1.33 bits per heavy atom. The molecule has 1 saturated heterocycles. The van der Waals surface area contributed by atoms with Crippen LogP contribution in [0.4, 0.5) is 5.88 Å². The molecule has 1 aliphatic heterocycles. The molecule has 1 unspecified atom stereocenters. The van der Waals surface area contributed by atoms with Crippen molar-refractivity contribution in [3.8, 4) is 11.3 Å². The second-order valence-electron chi connectivity index (χ2n) is 7.50. The van der Waals surface area contributed by atoms with Crippen molar-refractivity contribution < 1.29 is 14.4 Å². The van der Waals surface area contributed by atoms with Crippen LogP contribution in [0.5, 0.6) is 0 Å². The molecule has 0 saturated carbocycles. The van der Waals surface area contributed by atoms with Gasteiger partial charge in [-0.1, -0.05) is 48.5 Å². The molecule has 2 aromatic rings. The first-order valence-electron chi connectivity index (χ1n) is 10.7. The van der Waals surface area contributed by atoms with Crippen molar-refractivity contribution >= 4 is 17.6 Å². The molecule has 0 amide bonds. The molecule has 164 valence electrons. The van der Waals surface area contributed by atoms with Gasteiger partial charge in [0, 0.05) is 43.2 Å². The summed E-state index contributed by atoms with van der Waals surface area (Å²) >= 11 is 1.97. The Bertz CT molecular complexity index is 762. The number of ether oxygens (including phenoxy) is 1. The lowest BCUT2D eigenvalue weighted by molar-refractivity contribution is 0.0246. The van der Waals surface area contributed by atoms with Crippen LogP contribution in [0.1, 0.15) is 18.9 Å². The molecule has 1 aliphatic rings. The molecule has 1 fully saturated rings. The lowest BCUT2D eigenvalue weighted by Crippen LogP contribution is -2.36. The average molecular weight is 432 g/mol. The Hall–Kier alpha value is -1.80. The van der Waals surface area contributed by atoms with E-state index in [4.69, 9.17) is 9.26 Å². The van der Waals surface area contributed by atoms with Gasteiger partial charge < -0.3 is 19.3 Å². The minimum Gasteiger partial charge on any atom is -0.389 e. The van der Waals surface area contributed by atoms with Gasteiger partial charge in [-0.15, -0.1) is 6.58 Å². The summed E-state index contributed by atoms with van der Waals surface area (Å²) in [6.07, 6.45) is 2.15. The average Bonchev–Trinajstić information content (AvgIpc) is 3.19. The molecule has 0 spiro atoms. The first-order chi connectivity index (χ1) is 14.7. The third-order valence-electron chi connectivity index (χ3n) is 5.05. The molecule has 0 aliphatic carbocycles. The van der Waals surface area contributed by atoms with Crippen LogP contribution >= 0.6 is 11.8 Å². The summed E-state index contributed by atoms with van der Waals surface area (Å²) in [6.45, 7) is 10.6. The van der Waals surface area contributed by atoms with Crippen molar-refractivity contribution in [3.05, 3.63) is 48.6 Å². The summed E-state index contributed by atoms with van der Waals surface area (Å²) in [5.41, 5.74) is 3.04. The lowest BCUT2D eigenvalue weighted by Gasteiger charge is -2.28. The topological polar surface area (TPSA) is 62.0 Å². The highest BCUT2D eigenvalue weighted by molar-refractivity contribution is 7.99. The number of hydrogen-bond donors (Lipinski definition) is 1. The van der Waals surface area contributed by atoms with Gasteiger partial charge in [0.05, 0.1) is 24.9 Å². The zero-order chi connectivity index (χ0) is 21.2. The maximum Gasteiger partial charge on any atom is 0.232 e. The van der Waals surface area contributed by atoms with Crippen molar-refractivity contribution in [1.29, 1.82) is 0 Å². The minimum absolute atomic E-state index is 0.303. The van der Waals surface area contributed by atoms with Gasteiger partial charge in [-0.2, -0.15) is 11.8 Å². The maximum absolute atomic E-state index is 10.5. The molecule has 1 atom stereocenters. The van der Waals surface area contributed by atoms with E-state index < -0.39 is 6.10 Å². The normalized spacial score (nSPS) is 15.5. The van der Waals surface area contributed by atoms with Gasteiger partial charge in [-0.05, 0) is 13.0 Å². The number of aliphatic hydroxyl groups excluding tert-OH is 1. The van der Waals surface area contributed by atoms with Crippen molar-refractivity contribution in [2.24, 2.45) is 0 Å². The smallest absolute Gasteiger partial charge is 0.232 e. The number of nitrogens with zero attached hydrogens (tertiary/aromatic N) is 3. The number of aromatic nitrogens is 1. The van der Waals surface area contributed by atoms with E-state index in [0.29, 0.717) is 26.3 Å². The second kappa shape index (κ2) is 12.2. The predicted octanol–water partition coefficient (Wildman–Crippen LogP) is 3.67. The van der Waals surface area contributed by atoms with Crippen molar-refractivity contribution in [1.82, 2.24) is 10.1 Å². The summed E-state index contributed by atoms with van der Waals surface area (Å²) < 4.78 is 11.3. The molecule has 0 radical (unpaired) electrons. The minimum atomic E-state index is -0.550.